The van der Waals surface area contributed by atoms with Gasteiger partial charge in [0.2, 0.25) is 0 Å². The van der Waals surface area contributed by atoms with E-state index < -0.39 is 12.1 Å². The molecule has 0 aliphatic heterocycles. The number of pyridine rings is 1. The number of hydrogen-bond acceptors (Lipinski definition) is 2. The van der Waals surface area contributed by atoms with Gasteiger partial charge in [0.1, 0.15) is 0 Å². The second-order valence-electron chi connectivity index (χ2n) is 6.26. The fourth-order valence-corrected chi connectivity index (χ4v) is 3.69. The van der Waals surface area contributed by atoms with Crippen molar-refractivity contribution in [3.8, 4) is 0 Å². The first-order valence-corrected chi connectivity index (χ1v) is 7.80. The molecule has 1 heterocycles. The number of alkyl halides is 3. The number of nitrogens with one attached hydrogen (secondary N) is 1. The number of fused-ring (bicyclic) bond motifs is 1. The summed E-state index contributed by atoms with van der Waals surface area (Å²) < 4.78 is 38.7. The maximum atomic E-state index is 12.9. The minimum Gasteiger partial charge on any atom is -0.306 e. The third-order valence-corrected chi connectivity index (χ3v) is 4.77. The van der Waals surface area contributed by atoms with Crippen molar-refractivity contribution in [2.75, 3.05) is 0 Å². The number of halogens is 3. The van der Waals surface area contributed by atoms with Crippen LogP contribution in [0.3, 0.4) is 0 Å². The van der Waals surface area contributed by atoms with Crippen molar-refractivity contribution in [2.24, 2.45) is 5.92 Å². The second-order valence-corrected chi connectivity index (χ2v) is 6.26. The lowest BCUT2D eigenvalue weighted by Crippen LogP contribution is -2.41. The highest BCUT2D eigenvalue weighted by Gasteiger charge is 2.42. The number of nitrogens with zero attached hydrogens (tertiary/aromatic N) is 1. The molecule has 0 spiro atoms. The topological polar surface area (TPSA) is 24.9 Å². The molecule has 3 unspecified atom stereocenters. The van der Waals surface area contributed by atoms with Crippen LogP contribution in [-0.2, 0) is 6.42 Å². The van der Waals surface area contributed by atoms with Crippen LogP contribution in [0, 0.1) is 5.92 Å². The predicted molar refractivity (Wildman–Crippen MR) is 74.9 cm³/mol. The van der Waals surface area contributed by atoms with E-state index in [9.17, 15) is 13.2 Å². The first-order valence-electron chi connectivity index (χ1n) is 7.80. The molecule has 3 atom stereocenters. The van der Waals surface area contributed by atoms with Crippen LogP contribution in [-0.4, -0.2) is 17.2 Å². The first-order chi connectivity index (χ1) is 10.0. The van der Waals surface area contributed by atoms with Crippen LogP contribution in [0.4, 0.5) is 13.2 Å². The van der Waals surface area contributed by atoms with Gasteiger partial charge in [-0.05, 0) is 50.2 Å². The Balaban J connectivity index is 1.67. The molecule has 2 nitrogen and oxygen atoms in total. The van der Waals surface area contributed by atoms with Crippen LogP contribution in [0.15, 0.2) is 18.3 Å². The molecule has 1 N–H and O–H groups in total. The second kappa shape index (κ2) is 5.95. The molecule has 0 saturated heterocycles. The lowest BCUT2D eigenvalue weighted by Gasteiger charge is -2.35. The first kappa shape index (κ1) is 14.8. The summed E-state index contributed by atoms with van der Waals surface area (Å²) in [6.07, 6.45) is 2.78. The standard InChI is InChI=1S/C16H21F3N2/c17-16(18,19)12-6-2-7-13(10-12)21-14-8-1-4-11-5-3-9-20-15(11)14/h3,5,9,12-14,21H,1-2,4,6-8,10H2. The van der Waals surface area contributed by atoms with Crippen molar-refractivity contribution in [2.45, 2.75) is 63.2 Å². The van der Waals surface area contributed by atoms with Crippen molar-refractivity contribution in [1.82, 2.24) is 10.3 Å². The third-order valence-electron chi connectivity index (χ3n) is 4.77. The van der Waals surface area contributed by atoms with Gasteiger partial charge >= 0.3 is 6.18 Å². The van der Waals surface area contributed by atoms with Gasteiger partial charge in [-0.15, -0.1) is 0 Å². The summed E-state index contributed by atoms with van der Waals surface area (Å²) in [5, 5.41) is 3.45. The van der Waals surface area contributed by atoms with Gasteiger partial charge in [0.05, 0.1) is 11.6 Å². The molecule has 3 rings (SSSR count). The average Bonchev–Trinajstić information content (AvgIpc) is 2.47. The molecule has 0 aromatic carbocycles. The van der Waals surface area contributed by atoms with Gasteiger partial charge in [-0.25, -0.2) is 0 Å². The van der Waals surface area contributed by atoms with Crippen molar-refractivity contribution in [1.29, 1.82) is 0 Å². The molecule has 1 aromatic rings. The summed E-state index contributed by atoms with van der Waals surface area (Å²) in [4.78, 5) is 4.45. The SMILES string of the molecule is FC(F)(F)C1CCCC(NC2CCCc3cccnc32)C1. The molecule has 1 aromatic heterocycles. The lowest BCUT2D eigenvalue weighted by atomic mass is 9.83. The Kier molecular flexibility index (Phi) is 4.20. The Hall–Kier alpha value is -1.10. The van der Waals surface area contributed by atoms with Crippen LogP contribution in [0.2, 0.25) is 0 Å². The molecular formula is C16H21F3N2. The Morgan fingerprint density at radius 3 is 2.81 bits per heavy atom. The van der Waals surface area contributed by atoms with Gasteiger partial charge in [0, 0.05) is 18.3 Å². The third kappa shape index (κ3) is 3.39. The summed E-state index contributed by atoms with van der Waals surface area (Å²) in [5.74, 6) is -1.14. The van der Waals surface area contributed by atoms with E-state index in [1.54, 1.807) is 6.20 Å². The monoisotopic (exact) mass is 298 g/mol. The molecule has 0 bridgehead atoms. The van der Waals surface area contributed by atoms with Crippen molar-refractivity contribution < 1.29 is 13.2 Å². The highest BCUT2D eigenvalue weighted by molar-refractivity contribution is 5.25. The maximum absolute atomic E-state index is 12.9. The van der Waals surface area contributed by atoms with Crippen LogP contribution < -0.4 is 5.32 Å². The van der Waals surface area contributed by atoms with E-state index in [2.05, 4.69) is 16.4 Å². The Morgan fingerprint density at radius 2 is 2.00 bits per heavy atom. The summed E-state index contributed by atoms with van der Waals surface area (Å²) in [5.41, 5.74) is 2.28. The summed E-state index contributed by atoms with van der Waals surface area (Å²) >= 11 is 0. The van der Waals surface area contributed by atoms with Crippen molar-refractivity contribution in [3.63, 3.8) is 0 Å². The zero-order valence-corrected chi connectivity index (χ0v) is 12.0. The van der Waals surface area contributed by atoms with Crippen LogP contribution in [0.5, 0.6) is 0 Å². The number of aryl methyl sites for hydroxylation is 1. The van der Waals surface area contributed by atoms with Crippen molar-refractivity contribution >= 4 is 0 Å². The minimum atomic E-state index is -4.05. The zero-order valence-electron chi connectivity index (χ0n) is 12.0. The Bertz CT molecular complexity index is 487. The van der Waals surface area contributed by atoms with Gasteiger partial charge in [-0.2, -0.15) is 13.2 Å². The van der Waals surface area contributed by atoms with E-state index in [1.165, 1.54) is 5.56 Å². The molecule has 5 heteroatoms. The normalized spacial score (nSPS) is 30.0. The molecular weight excluding hydrogens is 277 g/mol. The van der Waals surface area contributed by atoms with Crippen LogP contribution in [0.25, 0.3) is 0 Å². The molecule has 1 fully saturated rings. The molecule has 1 saturated carbocycles. The minimum absolute atomic E-state index is 0.0386. The quantitative estimate of drug-likeness (QED) is 0.886. The van der Waals surface area contributed by atoms with E-state index in [4.69, 9.17) is 0 Å². The summed E-state index contributed by atoms with van der Waals surface area (Å²) in [6.45, 7) is 0. The lowest BCUT2D eigenvalue weighted by molar-refractivity contribution is -0.183. The van der Waals surface area contributed by atoms with Gasteiger partial charge in [-0.1, -0.05) is 12.5 Å². The van der Waals surface area contributed by atoms with E-state index in [0.717, 1.165) is 31.4 Å². The molecule has 2 aliphatic carbocycles. The van der Waals surface area contributed by atoms with Gasteiger partial charge in [0.15, 0.2) is 0 Å². The molecule has 21 heavy (non-hydrogen) atoms. The summed E-state index contributed by atoms with van der Waals surface area (Å²) in [7, 11) is 0. The smallest absolute Gasteiger partial charge is 0.306 e. The van der Waals surface area contributed by atoms with Crippen LogP contribution in [0.1, 0.15) is 55.8 Å². The predicted octanol–water partition coefficient (Wildman–Crippen LogP) is 4.17. The maximum Gasteiger partial charge on any atom is 0.391 e. The van der Waals surface area contributed by atoms with E-state index >= 15 is 0 Å². The Morgan fingerprint density at radius 1 is 1.14 bits per heavy atom. The van der Waals surface area contributed by atoms with Gasteiger partial charge in [0.25, 0.3) is 0 Å². The summed E-state index contributed by atoms with van der Waals surface area (Å²) in [6, 6.07) is 4.09. The molecule has 0 amide bonds. The highest BCUT2D eigenvalue weighted by Crippen LogP contribution is 2.38. The number of rotatable bonds is 2. The number of hydrogen-bond donors (Lipinski definition) is 1. The number of aromatic nitrogens is 1. The molecule has 116 valence electrons. The molecule has 0 radical (unpaired) electrons. The van der Waals surface area contributed by atoms with Gasteiger partial charge < -0.3 is 5.32 Å². The van der Waals surface area contributed by atoms with E-state index in [-0.39, 0.29) is 24.9 Å². The fraction of sp³-hybridized carbons (Fsp3) is 0.688. The zero-order chi connectivity index (χ0) is 14.9. The average molecular weight is 298 g/mol. The van der Waals surface area contributed by atoms with E-state index in [1.807, 2.05) is 6.07 Å². The molecule has 2 aliphatic rings. The van der Waals surface area contributed by atoms with Crippen LogP contribution >= 0.6 is 0 Å². The highest BCUT2D eigenvalue weighted by atomic mass is 19.4. The largest absolute Gasteiger partial charge is 0.391 e. The Labute approximate surface area is 123 Å². The fourth-order valence-electron chi connectivity index (χ4n) is 3.69. The van der Waals surface area contributed by atoms with E-state index in [0.29, 0.717) is 6.42 Å². The van der Waals surface area contributed by atoms with Crippen molar-refractivity contribution in [3.05, 3.63) is 29.6 Å². The van der Waals surface area contributed by atoms with Gasteiger partial charge in [-0.3, -0.25) is 4.98 Å².